The van der Waals surface area contributed by atoms with Crippen LogP contribution < -0.4 is 4.90 Å². The highest BCUT2D eigenvalue weighted by atomic mass is 32.1. The van der Waals surface area contributed by atoms with Crippen molar-refractivity contribution < 1.29 is 9.90 Å². The van der Waals surface area contributed by atoms with Gasteiger partial charge in [0.2, 0.25) is 0 Å². The molecule has 5 heteroatoms. The van der Waals surface area contributed by atoms with Gasteiger partial charge in [-0.3, -0.25) is 0 Å². The minimum absolute atomic E-state index is 0.416. The van der Waals surface area contributed by atoms with Crippen LogP contribution in [0.15, 0.2) is 0 Å². The van der Waals surface area contributed by atoms with Crippen molar-refractivity contribution in [3.8, 4) is 0 Å². The number of anilines is 1. The van der Waals surface area contributed by atoms with E-state index in [1.807, 2.05) is 6.92 Å². The highest BCUT2D eigenvalue weighted by Gasteiger charge is 2.29. The normalized spacial score (nSPS) is 23.6. The van der Waals surface area contributed by atoms with E-state index in [2.05, 4.69) is 23.7 Å². The summed E-state index contributed by atoms with van der Waals surface area (Å²) in [5.74, 6) is 0.455. The first-order valence-corrected chi connectivity index (χ1v) is 7.32. The van der Waals surface area contributed by atoms with Crippen molar-refractivity contribution >= 4 is 22.4 Å². The fraction of sp³-hybridized carbons (Fsp3) is 0.692. The summed E-state index contributed by atoms with van der Waals surface area (Å²) in [4.78, 5) is 18.4. The fourth-order valence-corrected chi connectivity index (χ4v) is 3.30. The molecule has 1 aliphatic rings. The Labute approximate surface area is 112 Å². The minimum Gasteiger partial charge on any atom is -0.477 e. The largest absolute Gasteiger partial charge is 0.477 e. The summed E-state index contributed by atoms with van der Waals surface area (Å²) in [5, 5.41) is 10.1. The molecule has 0 spiro atoms. The number of hydrogen-bond acceptors (Lipinski definition) is 4. The first kappa shape index (κ1) is 13.3. The maximum Gasteiger partial charge on any atom is 0.347 e. The summed E-state index contributed by atoms with van der Waals surface area (Å²) in [6, 6.07) is 0. The van der Waals surface area contributed by atoms with Crippen LogP contribution in [0, 0.1) is 11.8 Å². The number of nitrogens with zero attached hydrogens (tertiary/aromatic N) is 2. The number of carboxylic acids is 1. The zero-order chi connectivity index (χ0) is 13.3. The van der Waals surface area contributed by atoms with Crippen LogP contribution in [-0.2, 0) is 6.42 Å². The van der Waals surface area contributed by atoms with E-state index >= 15 is 0 Å². The molecule has 0 aromatic carbocycles. The van der Waals surface area contributed by atoms with Gasteiger partial charge < -0.3 is 10.0 Å². The van der Waals surface area contributed by atoms with Gasteiger partial charge in [0.15, 0.2) is 5.13 Å². The number of carbonyl (C=O) groups is 1. The second-order valence-electron chi connectivity index (χ2n) is 5.19. The number of rotatable bonds is 4. The van der Waals surface area contributed by atoms with Crippen LogP contribution in [0.3, 0.4) is 0 Å². The molecule has 0 radical (unpaired) electrons. The minimum atomic E-state index is -0.845. The number of aromatic carboxylic acids is 1. The maximum absolute atomic E-state index is 11.2. The molecule has 2 heterocycles. The molecule has 0 bridgehead atoms. The lowest BCUT2D eigenvalue weighted by Gasteiger charge is -2.13. The van der Waals surface area contributed by atoms with Crippen molar-refractivity contribution in [2.24, 2.45) is 11.8 Å². The molecule has 0 saturated carbocycles. The number of thiazole rings is 1. The van der Waals surface area contributed by atoms with Gasteiger partial charge in [0.25, 0.3) is 0 Å². The molecule has 0 amide bonds. The standard InChI is InChI=1S/C13H20N2O2S/c1-4-5-10-11(12(16)17)18-13(14-10)15-6-8(2)9(3)7-15/h8-9H,4-7H2,1-3H3,(H,16,17). The molecule has 18 heavy (non-hydrogen) atoms. The Balaban J connectivity index is 2.24. The van der Waals surface area contributed by atoms with E-state index in [4.69, 9.17) is 0 Å². The Hall–Kier alpha value is -1.10. The van der Waals surface area contributed by atoms with Crippen molar-refractivity contribution in [1.82, 2.24) is 4.98 Å². The van der Waals surface area contributed by atoms with Crippen molar-refractivity contribution in [1.29, 1.82) is 0 Å². The molecule has 1 N–H and O–H groups in total. The van der Waals surface area contributed by atoms with E-state index < -0.39 is 5.97 Å². The molecule has 4 nitrogen and oxygen atoms in total. The summed E-state index contributed by atoms with van der Waals surface area (Å²) in [7, 11) is 0. The van der Waals surface area contributed by atoms with Crippen LogP contribution >= 0.6 is 11.3 Å². The summed E-state index contributed by atoms with van der Waals surface area (Å²) in [5.41, 5.74) is 0.747. The van der Waals surface area contributed by atoms with E-state index in [1.165, 1.54) is 11.3 Å². The second kappa shape index (κ2) is 5.26. The van der Waals surface area contributed by atoms with E-state index in [-0.39, 0.29) is 0 Å². The molecule has 1 aliphatic heterocycles. The lowest BCUT2D eigenvalue weighted by molar-refractivity contribution is 0.0700. The number of carboxylic acid groups (broad SMARTS) is 1. The van der Waals surface area contributed by atoms with Crippen molar-refractivity contribution in [2.45, 2.75) is 33.6 Å². The molecule has 2 unspecified atom stereocenters. The lowest BCUT2D eigenvalue weighted by Crippen LogP contribution is -2.19. The third-order valence-electron chi connectivity index (χ3n) is 3.63. The Morgan fingerprint density at radius 2 is 2.06 bits per heavy atom. The second-order valence-corrected chi connectivity index (χ2v) is 6.16. The van der Waals surface area contributed by atoms with Gasteiger partial charge in [-0.2, -0.15) is 0 Å². The molecule has 2 atom stereocenters. The summed E-state index contributed by atoms with van der Waals surface area (Å²) in [6.07, 6.45) is 1.67. The zero-order valence-electron chi connectivity index (χ0n) is 11.1. The Morgan fingerprint density at radius 3 is 2.56 bits per heavy atom. The van der Waals surface area contributed by atoms with Gasteiger partial charge in [-0.05, 0) is 18.3 Å². The van der Waals surface area contributed by atoms with Crippen LogP contribution in [-0.4, -0.2) is 29.1 Å². The molecule has 1 aromatic rings. The topological polar surface area (TPSA) is 53.4 Å². The van der Waals surface area contributed by atoms with Gasteiger partial charge in [-0.25, -0.2) is 9.78 Å². The summed E-state index contributed by atoms with van der Waals surface area (Å²) in [6.45, 7) is 8.50. The molecule has 1 saturated heterocycles. The van der Waals surface area contributed by atoms with E-state index in [0.29, 0.717) is 16.7 Å². The average molecular weight is 268 g/mol. The molecule has 100 valence electrons. The van der Waals surface area contributed by atoms with E-state index in [0.717, 1.165) is 36.8 Å². The van der Waals surface area contributed by atoms with Crippen LogP contribution in [0.2, 0.25) is 0 Å². The smallest absolute Gasteiger partial charge is 0.347 e. The predicted molar refractivity (Wildman–Crippen MR) is 73.6 cm³/mol. The maximum atomic E-state index is 11.2. The number of aryl methyl sites for hydroxylation is 1. The van der Waals surface area contributed by atoms with Crippen molar-refractivity contribution in [3.05, 3.63) is 10.6 Å². The van der Waals surface area contributed by atoms with Gasteiger partial charge in [-0.1, -0.05) is 38.5 Å². The van der Waals surface area contributed by atoms with Gasteiger partial charge in [0, 0.05) is 13.1 Å². The third kappa shape index (κ3) is 2.51. The predicted octanol–water partition coefficient (Wildman–Crippen LogP) is 2.89. The molecule has 0 aliphatic carbocycles. The number of hydrogen-bond donors (Lipinski definition) is 1. The van der Waals surface area contributed by atoms with Crippen molar-refractivity contribution in [3.63, 3.8) is 0 Å². The van der Waals surface area contributed by atoms with Crippen LogP contribution in [0.25, 0.3) is 0 Å². The van der Waals surface area contributed by atoms with Gasteiger partial charge in [-0.15, -0.1) is 0 Å². The monoisotopic (exact) mass is 268 g/mol. The van der Waals surface area contributed by atoms with E-state index in [9.17, 15) is 9.90 Å². The molecule has 2 rings (SSSR count). The highest BCUT2D eigenvalue weighted by molar-refractivity contribution is 7.17. The fourth-order valence-electron chi connectivity index (χ4n) is 2.33. The lowest BCUT2D eigenvalue weighted by atomic mass is 10.0. The molecular weight excluding hydrogens is 248 g/mol. The zero-order valence-corrected chi connectivity index (χ0v) is 12.0. The van der Waals surface area contributed by atoms with Crippen LogP contribution in [0.5, 0.6) is 0 Å². The Bertz CT molecular complexity index is 434. The summed E-state index contributed by atoms with van der Waals surface area (Å²) >= 11 is 1.32. The Kier molecular flexibility index (Phi) is 3.90. The van der Waals surface area contributed by atoms with Crippen LogP contribution in [0.1, 0.15) is 42.6 Å². The Morgan fingerprint density at radius 1 is 1.44 bits per heavy atom. The first-order valence-electron chi connectivity index (χ1n) is 6.50. The van der Waals surface area contributed by atoms with Gasteiger partial charge >= 0.3 is 5.97 Å². The molecular formula is C13H20N2O2S. The van der Waals surface area contributed by atoms with Crippen LogP contribution in [0.4, 0.5) is 5.13 Å². The summed E-state index contributed by atoms with van der Waals surface area (Å²) < 4.78 is 0. The molecule has 1 aromatic heterocycles. The molecule has 1 fully saturated rings. The number of aromatic nitrogens is 1. The quantitative estimate of drug-likeness (QED) is 0.912. The van der Waals surface area contributed by atoms with Gasteiger partial charge in [0.1, 0.15) is 4.88 Å². The highest BCUT2D eigenvalue weighted by Crippen LogP contribution is 2.33. The van der Waals surface area contributed by atoms with Gasteiger partial charge in [0.05, 0.1) is 5.69 Å². The van der Waals surface area contributed by atoms with E-state index in [1.54, 1.807) is 0 Å². The van der Waals surface area contributed by atoms with Crippen molar-refractivity contribution in [2.75, 3.05) is 18.0 Å². The average Bonchev–Trinajstić information content (AvgIpc) is 2.85. The first-order chi connectivity index (χ1) is 8.52. The SMILES string of the molecule is CCCc1nc(N2CC(C)C(C)C2)sc1C(=O)O. The third-order valence-corrected chi connectivity index (χ3v) is 4.77.